The van der Waals surface area contributed by atoms with E-state index in [1.165, 1.54) is 29.4 Å². The van der Waals surface area contributed by atoms with E-state index >= 15 is 0 Å². The number of fused-ring (bicyclic) bond motifs is 1. The van der Waals surface area contributed by atoms with Crippen LogP contribution in [-0.4, -0.2) is 34.5 Å². The molecular weight excluding hydrogens is 378 g/mol. The van der Waals surface area contributed by atoms with Crippen molar-refractivity contribution in [1.82, 2.24) is 14.9 Å². The molecule has 0 unspecified atom stereocenters. The fraction of sp³-hybridized carbons (Fsp3) is 0.167. The minimum atomic E-state index is -1.18. The number of amides is 2. The number of pyridine rings is 2. The van der Waals surface area contributed by atoms with E-state index in [1.54, 1.807) is 13.1 Å². The number of carbonyl (C=O) groups is 1. The molecule has 0 saturated heterocycles. The zero-order valence-corrected chi connectivity index (χ0v) is 15.0. The minimum absolute atomic E-state index is 0.254. The molecule has 0 saturated carbocycles. The van der Waals surface area contributed by atoms with Crippen molar-refractivity contribution in [3.8, 4) is 0 Å². The molecule has 9 heteroatoms. The van der Waals surface area contributed by atoms with E-state index in [0.717, 1.165) is 6.07 Å². The first kappa shape index (κ1) is 18.8. The fourth-order valence-electron chi connectivity index (χ4n) is 2.64. The molecule has 0 aliphatic carbocycles. The maximum absolute atomic E-state index is 14.0. The normalized spacial score (nSPS) is 10.8. The number of H-pyrrole nitrogens is 1. The Morgan fingerprint density at radius 2 is 2.11 bits per heavy atom. The van der Waals surface area contributed by atoms with Crippen molar-refractivity contribution >= 4 is 34.1 Å². The van der Waals surface area contributed by atoms with Crippen molar-refractivity contribution in [2.24, 2.45) is 0 Å². The summed E-state index contributed by atoms with van der Waals surface area (Å²) in [5, 5.41) is 2.92. The van der Waals surface area contributed by atoms with E-state index in [0.29, 0.717) is 23.1 Å². The number of hydrogen-bond acceptors (Lipinski definition) is 3. The van der Waals surface area contributed by atoms with Crippen LogP contribution in [0.5, 0.6) is 0 Å². The Bertz CT molecular complexity index is 1070. The number of carbonyl (C=O) groups excluding carboxylic acids is 1. The number of urea groups is 1. The molecule has 3 rings (SSSR count). The number of anilines is 1. The van der Waals surface area contributed by atoms with Crippen molar-refractivity contribution in [3.63, 3.8) is 0 Å². The smallest absolute Gasteiger partial charge is 0.321 e. The van der Waals surface area contributed by atoms with Gasteiger partial charge < -0.3 is 15.2 Å². The lowest BCUT2D eigenvalue weighted by atomic mass is 10.0. The first-order chi connectivity index (χ1) is 12.9. The molecule has 0 radical (unpaired) electrons. The molecule has 2 heterocycles. The third-order valence-corrected chi connectivity index (χ3v) is 4.29. The molecule has 0 bridgehead atoms. The predicted molar refractivity (Wildman–Crippen MR) is 99.1 cm³/mol. The van der Waals surface area contributed by atoms with Crippen LogP contribution in [0.25, 0.3) is 10.8 Å². The van der Waals surface area contributed by atoms with E-state index in [1.807, 2.05) is 0 Å². The lowest BCUT2D eigenvalue weighted by Gasteiger charge is -2.18. The minimum Gasteiger partial charge on any atom is -0.328 e. The summed E-state index contributed by atoms with van der Waals surface area (Å²) >= 11 is 5.78. The third kappa shape index (κ3) is 4.06. The lowest BCUT2D eigenvalue weighted by Crippen LogP contribution is -2.33. The molecule has 0 spiro atoms. The Balaban J connectivity index is 1.75. The van der Waals surface area contributed by atoms with Crippen molar-refractivity contribution in [2.75, 3.05) is 18.9 Å². The predicted octanol–water partition coefficient (Wildman–Crippen LogP) is 3.56. The van der Waals surface area contributed by atoms with Crippen molar-refractivity contribution in [1.29, 1.82) is 0 Å². The zero-order valence-electron chi connectivity index (χ0n) is 14.2. The van der Waals surface area contributed by atoms with Crippen LogP contribution in [0.2, 0.25) is 5.15 Å². The van der Waals surface area contributed by atoms with Gasteiger partial charge in [0.2, 0.25) is 0 Å². The first-order valence-corrected chi connectivity index (χ1v) is 8.36. The van der Waals surface area contributed by atoms with Gasteiger partial charge in [-0.15, -0.1) is 0 Å². The van der Waals surface area contributed by atoms with E-state index in [4.69, 9.17) is 11.6 Å². The average Bonchev–Trinajstić information content (AvgIpc) is 2.63. The second-order valence-corrected chi connectivity index (χ2v) is 6.28. The summed E-state index contributed by atoms with van der Waals surface area (Å²) in [6.45, 7) is 0.283. The van der Waals surface area contributed by atoms with Crippen LogP contribution in [-0.2, 0) is 6.42 Å². The van der Waals surface area contributed by atoms with E-state index < -0.39 is 17.2 Å². The van der Waals surface area contributed by atoms with Gasteiger partial charge in [0.05, 0.1) is 5.39 Å². The van der Waals surface area contributed by atoms with Gasteiger partial charge in [-0.1, -0.05) is 17.7 Å². The largest absolute Gasteiger partial charge is 0.328 e. The van der Waals surface area contributed by atoms with Gasteiger partial charge in [-0.3, -0.25) is 4.79 Å². The molecule has 27 heavy (non-hydrogen) atoms. The van der Waals surface area contributed by atoms with Gasteiger partial charge in [0.15, 0.2) is 11.6 Å². The topological polar surface area (TPSA) is 78.1 Å². The molecular formula is C18H15ClF2N4O2. The summed E-state index contributed by atoms with van der Waals surface area (Å²) in [6, 6.07) is 5.08. The highest BCUT2D eigenvalue weighted by Gasteiger charge is 2.15. The van der Waals surface area contributed by atoms with Crippen LogP contribution >= 0.6 is 11.6 Å². The van der Waals surface area contributed by atoms with Crippen LogP contribution < -0.4 is 10.9 Å². The monoisotopic (exact) mass is 392 g/mol. The number of aromatic nitrogens is 2. The fourth-order valence-corrected chi connectivity index (χ4v) is 2.81. The van der Waals surface area contributed by atoms with Crippen molar-refractivity contribution < 1.29 is 13.6 Å². The summed E-state index contributed by atoms with van der Waals surface area (Å²) in [6.07, 6.45) is 3.24. The van der Waals surface area contributed by atoms with Gasteiger partial charge in [-0.2, -0.15) is 0 Å². The molecule has 0 aliphatic rings. The maximum atomic E-state index is 14.0. The standard InChI is InChI=1S/C18H15ClF2N4O2/c1-25(18(27)24-11-4-6-22-14(19)8-11)7-5-10-9-23-17(26)15-12(10)2-3-13(20)16(15)21/h2-4,6,8-9H,5,7H2,1H3,(H,23,26)(H,22,24,27). The Morgan fingerprint density at radius 1 is 1.33 bits per heavy atom. The van der Waals surface area contributed by atoms with E-state index in [9.17, 15) is 18.4 Å². The summed E-state index contributed by atoms with van der Waals surface area (Å²) in [5.74, 6) is -2.27. The summed E-state index contributed by atoms with van der Waals surface area (Å²) < 4.78 is 27.4. The lowest BCUT2D eigenvalue weighted by molar-refractivity contribution is 0.223. The number of likely N-dealkylation sites (N-methyl/N-ethyl adjacent to an activating group) is 1. The summed E-state index contributed by atoms with van der Waals surface area (Å²) in [5.41, 5.74) is 0.389. The van der Waals surface area contributed by atoms with Crippen LogP contribution in [0.3, 0.4) is 0 Å². The van der Waals surface area contributed by atoms with Crippen molar-refractivity contribution in [3.05, 3.63) is 69.4 Å². The molecule has 1 aromatic carbocycles. The van der Waals surface area contributed by atoms with Gasteiger partial charge in [0.25, 0.3) is 5.56 Å². The number of halogens is 3. The van der Waals surface area contributed by atoms with Crippen molar-refractivity contribution in [2.45, 2.75) is 6.42 Å². The van der Waals surface area contributed by atoms with E-state index in [-0.39, 0.29) is 23.1 Å². The third-order valence-electron chi connectivity index (χ3n) is 4.09. The molecule has 0 atom stereocenters. The second kappa shape index (κ2) is 7.71. The number of hydrogen-bond donors (Lipinski definition) is 2. The molecule has 2 aromatic heterocycles. The zero-order chi connectivity index (χ0) is 19.6. The van der Waals surface area contributed by atoms with Crippen LogP contribution in [0.4, 0.5) is 19.3 Å². The molecule has 3 aromatic rings. The molecule has 0 aliphatic heterocycles. The summed E-state index contributed by atoms with van der Waals surface area (Å²) in [4.78, 5) is 31.7. The Hall–Kier alpha value is -3.00. The number of benzene rings is 1. The average molecular weight is 393 g/mol. The quantitative estimate of drug-likeness (QED) is 0.666. The number of aromatic amines is 1. The van der Waals surface area contributed by atoms with Gasteiger partial charge in [-0.05, 0) is 35.6 Å². The van der Waals surface area contributed by atoms with Crippen LogP contribution in [0.1, 0.15) is 5.56 Å². The molecule has 2 amide bonds. The Labute approximate surface area is 157 Å². The van der Waals surface area contributed by atoms with Gasteiger partial charge >= 0.3 is 6.03 Å². The second-order valence-electron chi connectivity index (χ2n) is 5.90. The van der Waals surface area contributed by atoms with E-state index in [2.05, 4.69) is 15.3 Å². The van der Waals surface area contributed by atoms with Crippen LogP contribution in [0.15, 0.2) is 41.5 Å². The van der Waals surface area contributed by atoms with Gasteiger partial charge in [-0.25, -0.2) is 18.6 Å². The number of rotatable bonds is 4. The van der Waals surface area contributed by atoms with Crippen LogP contribution in [0, 0.1) is 11.6 Å². The Kier molecular flexibility index (Phi) is 5.36. The van der Waals surface area contributed by atoms with Gasteiger partial charge in [0, 0.05) is 31.7 Å². The molecule has 140 valence electrons. The molecule has 2 N–H and O–H groups in total. The molecule has 6 nitrogen and oxygen atoms in total. The maximum Gasteiger partial charge on any atom is 0.321 e. The SMILES string of the molecule is CN(CCc1c[nH]c(=O)c2c(F)c(F)ccc12)C(=O)Nc1ccnc(Cl)c1. The number of nitrogens with one attached hydrogen (secondary N) is 2. The Morgan fingerprint density at radius 3 is 2.85 bits per heavy atom. The highest BCUT2D eigenvalue weighted by Crippen LogP contribution is 2.20. The van der Waals surface area contributed by atoms with Gasteiger partial charge in [0.1, 0.15) is 5.15 Å². The highest BCUT2D eigenvalue weighted by molar-refractivity contribution is 6.29. The molecule has 0 fully saturated rings. The highest BCUT2D eigenvalue weighted by atomic mass is 35.5. The first-order valence-electron chi connectivity index (χ1n) is 7.98. The summed E-state index contributed by atoms with van der Waals surface area (Å²) in [7, 11) is 1.59. The number of nitrogens with zero attached hydrogens (tertiary/aromatic N) is 2.